The normalized spacial score (nSPS) is 12.1. The summed E-state index contributed by atoms with van der Waals surface area (Å²) in [6, 6.07) is 72.5. The van der Waals surface area contributed by atoms with Gasteiger partial charge >= 0.3 is 0 Å². The van der Waals surface area contributed by atoms with Gasteiger partial charge in [0.1, 0.15) is 0 Å². The zero-order chi connectivity index (χ0) is 37.9. The topological polar surface area (TPSA) is 0 Å². The molecule has 0 unspecified atom stereocenters. The van der Waals surface area contributed by atoms with E-state index in [9.17, 15) is 0 Å². The van der Waals surface area contributed by atoms with Gasteiger partial charge < -0.3 is 0 Å². The molecule has 0 aliphatic carbocycles. The maximum Gasteiger partial charge on any atom is 0.0448 e. The van der Waals surface area contributed by atoms with Crippen LogP contribution in [0.15, 0.2) is 194 Å². The van der Waals surface area contributed by atoms with Crippen molar-refractivity contribution in [1.29, 1.82) is 0 Å². The first-order valence-electron chi connectivity index (χ1n) is 19.9. The highest BCUT2D eigenvalue weighted by Crippen LogP contribution is 2.49. The van der Waals surface area contributed by atoms with Crippen LogP contribution in [0.5, 0.6) is 0 Å². The molecule has 0 atom stereocenters. The van der Waals surface area contributed by atoms with Crippen LogP contribution < -0.4 is 0 Å². The van der Waals surface area contributed by atoms with Gasteiger partial charge in [-0.3, -0.25) is 0 Å². The summed E-state index contributed by atoms with van der Waals surface area (Å²) >= 11 is 3.85. The van der Waals surface area contributed by atoms with Gasteiger partial charge in [-0.2, -0.15) is 0 Å². The highest BCUT2D eigenvalue weighted by molar-refractivity contribution is 7.30. The Morgan fingerprint density at radius 3 is 1.59 bits per heavy atom. The standard InChI is InChI=1S/C56H32S2/c1-2-14-38-33(12-1)13-11-22-40(38)53-43-18-6-4-16-41(43)52(42-17-5-7-19-44(42)53)37-27-25-34-30-36(26-24-35(34)31-37)48-32-49-46-28-29-51-54(47-21-9-10-23-50(47)57-51)56(46)58-55(49)45-20-8-3-15-39(45)48/h1-32H. The third-order valence-electron chi connectivity index (χ3n) is 12.4. The van der Waals surface area contributed by atoms with E-state index in [1.54, 1.807) is 0 Å². The first-order valence-corrected chi connectivity index (χ1v) is 21.5. The maximum absolute atomic E-state index is 2.46. The quantitative estimate of drug-likeness (QED) is 0.157. The molecule has 2 heteroatoms. The Balaban J connectivity index is 0.998. The average molecular weight is 769 g/mol. The first-order chi connectivity index (χ1) is 28.8. The third kappa shape index (κ3) is 4.62. The lowest BCUT2D eigenvalue weighted by Crippen LogP contribution is -1.91. The van der Waals surface area contributed by atoms with Crippen molar-refractivity contribution in [2.24, 2.45) is 0 Å². The van der Waals surface area contributed by atoms with Crippen LogP contribution in [0.3, 0.4) is 0 Å². The summed E-state index contributed by atoms with van der Waals surface area (Å²) in [6.45, 7) is 0. The summed E-state index contributed by atoms with van der Waals surface area (Å²) < 4.78 is 5.48. The van der Waals surface area contributed by atoms with E-state index < -0.39 is 0 Å². The van der Waals surface area contributed by atoms with Gasteiger partial charge in [0.05, 0.1) is 0 Å². The molecule has 0 nitrogen and oxygen atoms in total. The minimum absolute atomic E-state index is 1.24. The molecule has 11 aromatic carbocycles. The van der Waals surface area contributed by atoms with Crippen LogP contribution in [0, 0.1) is 0 Å². The number of rotatable bonds is 3. The molecule has 13 aromatic rings. The van der Waals surface area contributed by atoms with Gasteiger partial charge in [0.15, 0.2) is 0 Å². The van der Waals surface area contributed by atoms with Crippen molar-refractivity contribution >= 4 is 117 Å². The Hall–Kier alpha value is -6.84. The zero-order valence-corrected chi connectivity index (χ0v) is 32.9. The molecule has 0 spiro atoms. The van der Waals surface area contributed by atoms with Crippen LogP contribution >= 0.6 is 22.7 Å². The minimum Gasteiger partial charge on any atom is -0.135 e. The minimum atomic E-state index is 1.24. The second-order valence-electron chi connectivity index (χ2n) is 15.5. The van der Waals surface area contributed by atoms with Gasteiger partial charge in [-0.1, -0.05) is 164 Å². The van der Waals surface area contributed by atoms with E-state index in [1.807, 2.05) is 22.7 Å². The van der Waals surface area contributed by atoms with Crippen molar-refractivity contribution in [1.82, 2.24) is 0 Å². The van der Waals surface area contributed by atoms with Crippen molar-refractivity contribution in [2.45, 2.75) is 0 Å². The molecule has 0 N–H and O–H groups in total. The van der Waals surface area contributed by atoms with Crippen LogP contribution in [-0.2, 0) is 0 Å². The highest BCUT2D eigenvalue weighted by atomic mass is 32.1. The molecular formula is C56H32S2. The van der Waals surface area contributed by atoms with Gasteiger partial charge in [-0.15, -0.1) is 22.7 Å². The van der Waals surface area contributed by atoms with Crippen molar-refractivity contribution in [3.05, 3.63) is 194 Å². The molecule has 0 aliphatic heterocycles. The van der Waals surface area contributed by atoms with Crippen LogP contribution in [0.25, 0.3) is 128 Å². The van der Waals surface area contributed by atoms with Crippen molar-refractivity contribution in [3.63, 3.8) is 0 Å². The zero-order valence-electron chi connectivity index (χ0n) is 31.3. The second-order valence-corrected chi connectivity index (χ2v) is 17.6. The molecular weight excluding hydrogens is 737 g/mol. The van der Waals surface area contributed by atoms with Crippen molar-refractivity contribution in [2.75, 3.05) is 0 Å². The van der Waals surface area contributed by atoms with E-state index in [-0.39, 0.29) is 0 Å². The number of fused-ring (bicyclic) bond motifs is 13. The molecule has 13 rings (SSSR count). The summed E-state index contributed by atoms with van der Waals surface area (Å²) in [5, 5.41) is 18.2. The molecule has 0 fully saturated rings. The monoisotopic (exact) mass is 768 g/mol. The van der Waals surface area contributed by atoms with Crippen molar-refractivity contribution in [3.8, 4) is 33.4 Å². The van der Waals surface area contributed by atoms with Gasteiger partial charge in [0.2, 0.25) is 0 Å². The highest BCUT2D eigenvalue weighted by Gasteiger charge is 2.20. The van der Waals surface area contributed by atoms with E-state index >= 15 is 0 Å². The van der Waals surface area contributed by atoms with E-state index in [0.29, 0.717) is 0 Å². The van der Waals surface area contributed by atoms with Crippen LogP contribution in [0.1, 0.15) is 0 Å². The van der Waals surface area contributed by atoms with Crippen molar-refractivity contribution < 1.29 is 0 Å². The number of benzene rings is 11. The second kappa shape index (κ2) is 12.3. The fourth-order valence-electron chi connectivity index (χ4n) is 9.84. The van der Waals surface area contributed by atoms with Gasteiger partial charge in [-0.25, -0.2) is 0 Å². The number of thiophene rings is 2. The molecule has 2 heterocycles. The summed E-state index contributed by atoms with van der Waals surface area (Å²) in [7, 11) is 0. The lowest BCUT2D eigenvalue weighted by atomic mass is 9.84. The van der Waals surface area contributed by atoms with E-state index in [2.05, 4.69) is 194 Å². The van der Waals surface area contributed by atoms with Gasteiger partial charge in [0.25, 0.3) is 0 Å². The predicted molar refractivity (Wildman–Crippen MR) is 256 cm³/mol. The van der Waals surface area contributed by atoms with E-state index in [4.69, 9.17) is 0 Å². The van der Waals surface area contributed by atoms with Gasteiger partial charge in [0, 0.05) is 45.7 Å². The Labute approximate surface area is 342 Å². The smallest absolute Gasteiger partial charge is 0.0448 e. The fourth-order valence-corrected chi connectivity index (χ4v) is 12.4. The first kappa shape index (κ1) is 32.3. The summed E-state index contributed by atoms with van der Waals surface area (Å²) in [6.07, 6.45) is 0. The van der Waals surface area contributed by atoms with Crippen LogP contribution in [0.4, 0.5) is 0 Å². The third-order valence-corrected chi connectivity index (χ3v) is 14.8. The fraction of sp³-hybridized carbons (Fsp3) is 0. The summed E-state index contributed by atoms with van der Waals surface area (Å²) in [5.41, 5.74) is 7.63. The molecule has 0 amide bonds. The molecule has 0 radical (unpaired) electrons. The molecule has 0 bridgehead atoms. The van der Waals surface area contributed by atoms with Gasteiger partial charge in [-0.05, 0) is 112 Å². The number of hydrogen-bond acceptors (Lipinski definition) is 2. The van der Waals surface area contributed by atoms with Crippen LogP contribution in [0.2, 0.25) is 0 Å². The van der Waals surface area contributed by atoms with E-state index in [1.165, 1.54) is 128 Å². The molecule has 0 saturated heterocycles. The molecule has 2 aromatic heterocycles. The maximum atomic E-state index is 2.46. The Morgan fingerprint density at radius 1 is 0.259 bits per heavy atom. The predicted octanol–water partition coefficient (Wildman–Crippen LogP) is 17.2. The molecule has 268 valence electrons. The molecule has 0 saturated carbocycles. The lowest BCUT2D eigenvalue weighted by Gasteiger charge is -2.19. The number of hydrogen-bond donors (Lipinski definition) is 0. The average Bonchev–Trinajstić information content (AvgIpc) is 3.86. The Morgan fingerprint density at radius 2 is 0.828 bits per heavy atom. The lowest BCUT2D eigenvalue weighted by molar-refractivity contribution is 1.68. The van der Waals surface area contributed by atoms with E-state index in [0.717, 1.165) is 0 Å². The largest absolute Gasteiger partial charge is 0.135 e. The SMILES string of the molecule is c1ccc2c(-c3c4ccccc4c(-c4ccc5cc(-c6cc7c8ccc9sc%10ccccc%10c9c8sc7c7ccccc67)ccc5c4)c4ccccc34)cccc2c1. The molecule has 58 heavy (non-hydrogen) atoms. The molecule has 0 aliphatic rings. The Bertz CT molecular complexity index is 3800. The summed E-state index contributed by atoms with van der Waals surface area (Å²) in [4.78, 5) is 0. The summed E-state index contributed by atoms with van der Waals surface area (Å²) in [5.74, 6) is 0. The van der Waals surface area contributed by atoms with Crippen LogP contribution in [-0.4, -0.2) is 0 Å². The Kier molecular flexibility index (Phi) is 6.86.